The van der Waals surface area contributed by atoms with E-state index in [0.29, 0.717) is 15.3 Å². The van der Waals surface area contributed by atoms with E-state index < -0.39 is 6.03 Å². The number of fused-ring (bicyclic) bond motifs is 1. The Morgan fingerprint density at radius 2 is 2.36 bits per heavy atom. The van der Waals surface area contributed by atoms with Crippen molar-refractivity contribution in [1.29, 1.82) is 0 Å². The number of urea groups is 1. The van der Waals surface area contributed by atoms with E-state index in [0.717, 1.165) is 0 Å². The Morgan fingerprint density at radius 3 is 3.07 bits per heavy atom. The van der Waals surface area contributed by atoms with Crippen LogP contribution in [0.1, 0.15) is 0 Å². The molecule has 0 aliphatic heterocycles. The van der Waals surface area contributed by atoms with Gasteiger partial charge in [-0.1, -0.05) is 11.3 Å². The molecule has 0 fully saturated rings. The Labute approximate surface area is 82.6 Å². The minimum Gasteiger partial charge on any atom is -0.351 e. The van der Waals surface area contributed by atoms with Gasteiger partial charge in [-0.15, -0.1) is 0 Å². The van der Waals surface area contributed by atoms with E-state index in [9.17, 15) is 9.18 Å². The van der Waals surface area contributed by atoms with E-state index in [1.165, 1.54) is 23.5 Å². The quantitative estimate of drug-likeness (QED) is 0.756. The van der Waals surface area contributed by atoms with Gasteiger partial charge in [0.1, 0.15) is 5.82 Å². The van der Waals surface area contributed by atoms with Gasteiger partial charge in [-0.25, -0.2) is 14.2 Å². The molecule has 72 valence electrons. The molecule has 1 aromatic heterocycles. The molecule has 0 radical (unpaired) electrons. The van der Waals surface area contributed by atoms with Crippen molar-refractivity contribution in [3.05, 3.63) is 24.0 Å². The lowest BCUT2D eigenvalue weighted by Crippen LogP contribution is -2.18. The molecule has 0 saturated heterocycles. The van der Waals surface area contributed by atoms with Crippen LogP contribution >= 0.6 is 11.3 Å². The molecule has 0 aliphatic carbocycles. The second-order valence-electron chi connectivity index (χ2n) is 2.62. The van der Waals surface area contributed by atoms with Crippen molar-refractivity contribution < 1.29 is 9.18 Å². The fourth-order valence-corrected chi connectivity index (χ4v) is 1.95. The molecule has 2 rings (SSSR count). The number of nitrogens with zero attached hydrogens (tertiary/aromatic N) is 1. The summed E-state index contributed by atoms with van der Waals surface area (Å²) in [6.07, 6.45) is 0. The molecular formula is C8H6FN3OS. The van der Waals surface area contributed by atoms with Crippen molar-refractivity contribution in [1.82, 2.24) is 4.98 Å². The zero-order valence-electron chi connectivity index (χ0n) is 6.95. The number of aromatic nitrogens is 1. The number of halogens is 1. The maximum atomic E-state index is 12.8. The normalized spacial score (nSPS) is 10.4. The zero-order valence-corrected chi connectivity index (χ0v) is 7.77. The van der Waals surface area contributed by atoms with Crippen molar-refractivity contribution in [2.75, 3.05) is 5.32 Å². The summed E-state index contributed by atoms with van der Waals surface area (Å²) in [5, 5.41) is 2.71. The Morgan fingerprint density at radius 1 is 1.57 bits per heavy atom. The molecule has 2 amide bonds. The lowest BCUT2D eigenvalue weighted by molar-refractivity contribution is 0.259. The number of benzene rings is 1. The first-order valence-electron chi connectivity index (χ1n) is 3.78. The Bertz CT molecular complexity index is 496. The van der Waals surface area contributed by atoms with Crippen LogP contribution in [0.15, 0.2) is 18.2 Å². The average Bonchev–Trinajstić information content (AvgIpc) is 2.44. The number of nitrogens with one attached hydrogen (secondary N) is 1. The molecule has 1 heterocycles. The SMILES string of the molecule is NC(=O)Nc1nc2ccc(F)cc2s1. The summed E-state index contributed by atoms with van der Waals surface area (Å²) in [6.45, 7) is 0. The van der Waals surface area contributed by atoms with Crippen LogP contribution in [-0.4, -0.2) is 11.0 Å². The minimum absolute atomic E-state index is 0.327. The van der Waals surface area contributed by atoms with E-state index in [4.69, 9.17) is 5.73 Å². The number of primary amides is 1. The van der Waals surface area contributed by atoms with Crippen molar-refractivity contribution in [3.8, 4) is 0 Å². The van der Waals surface area contributed by atoms with E-state index >= 15 is 0 Å². The Hall–Kier alpha value is -1.69. The predicted molar refractivity (Wildman–Crippen MR) is 52.8 cm³/mol. The molecule has 0 atom stereocenters. The van der Waals surface area contributed by atoms with E-state index in [1.54, 1.807) is 6.07 Å². The third kappa shape index (κ3) is 1.64. The van der Waals surface area contributed by atoms with Gasteiger partial charge in [-0.05, 0) is 18.2 Å². The molecule has 3 N–H and O–H groups in total. The summed E-state index contributed by atoms with van der Waals surface area (Å²) in [5.74, 6) is -0.327. The van der Waals surface area contributed by atoms with Gasteiger partial charge in [0.15, 0.2) is 5.13 Å². The van der Waals surface area contributed by atoms with Crippen LogP contribution in [0.25, 0.3) is 10.2 Å². The highest BCUT2D eigenvalue weighted by atomic mass is 32.1. The average molecular weight is 211 g/mol. The maximum Gasteiger partial charge on any atom is 0.318 e. The zero-order chi connectivity index (χ0) is 10.1. The van der Waals surface area contributed by atoms with Crippen molar-refractivity contribution >= 4 is 32.7 Å². The van der Waals surface area contributed by atoms with E-state index in [-0.39, 0.29) is 5.82 Å². The minimum atomic E-state index is -0.676. The number of thiazole rings is 1. The van der Waals surface area contributed by atoms with E-state index in [1.807, 2.05) is 0 Å². The number of rotatable bonds is 1. The van der Waals surface area contributed by atoms with Crippen LogP contribution in [0.2, 0.25) is 0 Å². The standard InChI is InChI=1S/C8H6FN3OS/c9-4-1-2-5-6(3-4)14-8(11-5)12-7(10)13/h1-3H,(H3,10,11,12,13). The van der Waals surface area contributed by atoms with Gasteiger partial charge < -0.3 is 5.73 Å². The molecule has 14 heavy (non-hydrogen) atoms. The number of carbonyl (C=O) groups is 1. The summed E-state index contributed by atoms with van der Waals surface area (Å²) in [5.41, 5.74) is 5.56. The van der Waals surface area contributed by atoms with Gasteiger partial charge in [0.25, 0.3) is 0 Å². The lowest BCUT2D eigenvalue weighted by atomic mass is 10.3. The number of nitrogens with two attached hydrogens (primary N) is 1. The van der Waals surface area contributed by atoms with E-state index in [2.05, 4.69) is 10.3 Å². The summed E-state index contributed by atoms with van der Waals surface area (Å²) < 4.78 is 13.5. The van der Waals surface area contributed by atoms with Gasteiger partial charge in [-0.3, -0.25) is 5.32 Å². The van der Waals surface area contributed by atoms with Crippen LogP contribution in [0.5, 0.6) is 0 Å². The molecule has 4 nitrogen and oxygen atoms in total. The smallest absolute Gasteiger partial charge is 0.318 e. The van der Waals surface area contributed by atoms with Gasteiger partial charge >= 0.3 is 6.03 Å². The van der Waals surface area contributed by atoms with Crippen LogP contribution in [0.4, 0.5) is 14.3 Å². The number of carbonyl (C=O) groups excluding carboxylic acids is 1. The van der Waals surface area contributed by atoms with Crippen molar-refractivity contribution in [2.45, 2.75) is 0 Å². The fourth-order valence-electron chi connectivity index (χ4n) is 1.06. The molecule has 0 unspecified atom stereocenters. The van der Waals surface area contributed by atoms with Gasteiger partial charge in [0, 0.05) is 0 Å². The fraction of sp³-hybridized carbons (Fsp3) is 0. The monoisotopic (exact) mass is 211 g/mol. The largest absolute Gasteiger partial charge is 0.351 e. The second kappa shape index (κ2) is 3.22. The molecule has 0 spiro atoms. The van der Waals surface area contributed by atoms with Crippen molar-refractivity contribution in [2.24, 2.45) is 5.73 Å². The molecule has 1 aromatic carbocycles. The molecule has 2 aromatic rings. The number of hydrogen-bond donors (Lipinski definition) is 2. The highest BCUT2D eigenvalue weighted by Crippen LogP contribution is 2.26. The van der Waals surface area contributed by atoms with Gasteiger partial charge in [0.2, 0.25) is 0 Å². The molecule has 6 heteroatoms. The summed E-state index contributed by atoms with van der Waals surface area (Å²) in [7, 11) is 0. The first kappa shape index (κ1) is 8.89. The van der Waals surface area contributed by atoms with Gasteiger partial charge in [0.05, 0.1) is 10.2 Å². The highest BCUT2D eigenvalue weighted by Gasteiger charge is 2.05. The van der Waals surface area contributed by atoms with Crippen LogP contribution in [-0.2, 0) is 0 Å². The molecular weight excluding hydrogens is 205 g/mol. The third-order valence-corrected chi connectivity index (χ3v) is 2.51. The Kier molecular flexibility index (Phi) is 2.05. The Balaban J connectivity index is 2.46. The number of anilines is 1. The van der Waals surface area contributed by atoms with Crippen LogP contribution in [0.3, 0.4) is 0 Å². The summed E-state index contributed by atoms with van der Waals surface area (Å²) in [4.78, 5) is 14.6. The first-order chi connectivity index (χ1) is 6.65. The third-order valence-electron chi connectivity index (χ3n) is 1.58. The lowest BCUT2D eigenvalue weighted by Gasteiger charge is -1.91. The van der Waals surface area contributed by atoms with Crippen LogP contribution < -0.4 is 11.1 Å². The molecule has 0 saturated carbocycles. The van der Waals surface area contributed by atoms with Crippen molar-refractivity contribution in [3.63, 3.8) is 0 Å². The van der Waals surface area contributed by atoms with Gasteiger partial charge in [-0.2, -0.15) is 0 Å². The first-order valence-corrected chi connectivity index (χ1v) is 4.59. The second-order valence-corrected chi connectivity index (χ2v) is 3.65. The number of amides is 2. The predicted octanol–water partition coefficient (Wildman–Crippen LogP) is 1.93. The molecule has 0 aliphatic rings. The summed E-state index contributed by atoms with van der Waals surface area (Å²) >= 11 is 1.18. The summed E-state index contributed by atoms with van der Waals surface area (Å²) in [6, 6.07) is 3.55. The number of hydrogen-bond acceptors (Lipinski definition) is 3. The molecule has 0 bridgehead atoms. The van der Waals surface area contributed by atoms with Crippen LogP contribution in [0, 0.1) is 5.82 Å². The maximum absolute atomic E-state index is 12.8. The highest BCUT2D eigenvalue weighted by molar-refractivity contribution is 7.22. The topological polar surface area (TPSA) is 68.0 Å².